The van der Waals surface area contributed by atoms with Crippen molar-refractivity contribution in [1.29, 1.82) is 0 Å². The molecule has 0 unspecified atom stereocenters. The number of carbonyl (C=O) groups is 1. The molecule has 0 amide bonds. The minimum Gasteiger partial charge on any atom is -0.461 e. The molecule has 184 valence electrons. The summed E-state index contributed by atoms with van der Waals surface area (Å²) in [6.45, 7) is 12.4. The molecule has 0 saturated heterocycles. The molecule has 3 aliphatic carbocycles. The van der Waals surface area contributed by atoms with Crippen molar-refractivity contribution in [2.75, 3.05) is 6.61 Å². The third kappa shape index (κ3) is 5.87. The van der Waals surface area contributed by atoms with Crippen LogP contribution in [-0.2, 0) is 14.3 Å². The second kappa shape index (κ2) is 11.2. The van der Waals surface area contributed by atoms with E-state index in [9.17, 15) is 15.0 Å². The van der Waals surface area contributed by atoms with E-state index in [1.54, 1.807) is 0 Å². The zero-order chi connectivity index (χ0) is 24.2. The SMILES string of the molecule is C=C1C(=CC=C2CCC[C@]3(C)C([C@H](C)OCC(=O)OC(CC)CC)=CC[C@@H]23)C[C@@H](O)C[C@@H]1O. The number of carbonyl (C=O) groups excluding carboxylic acids is 1. The van der Waals surface area contributed by atoms with Crippen LogP contribution >= 0.6 is 0 Å². The van der Waals surface area contributed by atoms with E-state index in [-0.39, 0.29) is 30.2 Å². The Hall–Kier alpha value is -1.69. The van der Waals surface area contributed by atoms with Gasteiger partial charge in [0.25, 0.3) is 0 Å². The van der Waals surface area contributed by atoms with Crippen LogP contribution in [0.25, 0.3) is 0 Å². The highest BCUT2D eigenvalue weighted by Gasteiger charge is 2.46. The zero-order valence-corrected chi connectivity index (χ0v) is 20.8. The highest BCUT2D eigenvalue weighted by Crippen LogP contribution is 2.55. The molecule has 5 nitrogen and oxygen atoms in total. The Morgan fingerprint density at radius 1 is 1.30 bits per heavy atom. The molecule has 3 rings (SSSR count). The van der Waals surface area contributed by atoms with Gasteiger partial charge in [-0.2, -0.15) is 0 Å². The van der Waals surface area contributed by atoms with Crippen molar-refractivity contribution in [3.05, 3.63) is 47.1 Å². The molecular formula is C28H42O5. The number of rotatable bonds is 8. The first-order valence-corrected chi connectivity index (χ1v) is 12.7. The lowest BCUT2D eigenvalue weighted by atomic mass is 9.63. The van der Waals surface area contributed by atoms with Crippen LogP contribution in [0.2, 0.25) is 0 Å². The van der Waals surface area contributed by atoms with Gasteiger partial charge in [-0.25, -0.2) is 4.79 Å². The average molecular weight is 459 g/mol. The van der Waals surface area contributed by atoms with E-state index in [2.05, 4.69) is 31.7 Å². The second-order valence-corrected chi connectivity index (χ2v) is 10.2. The molecule has 0 radical (unpaired) electrons. The fraction of sp³-hybridized carbons (Fsp3) is 0.679. The molecule has 0 aromatic rings. The van der Waals surface area contributed by atoms with Crippen molar-refractivity contribution in [2.45, 2.75) is 103 Å². The fourth-order valence-electron chi connectivity index (χ4n) is 5.91. The number of aliphatic hydroxyl groups excluding tert-OH is 2. The molecule has 33 heavy (non-hydrogen) atoms. The van der Waals surface area contributed by atoms with Crippen molar-refractivity contribution in [1.82, 2.24) is 0 Å². The normalized spacial score (nSPS) is 33.4. The number of hydrogen-bond donors (Lipinski definition) is 2. The largest absolute Gasteiger partial charge is 0.461 e. The average Bonchev–Trinajstić information content (AvgIpc) is 3.14. The lowest BCUT2D eigenvalue weighted by Crippen LogP contribution is -2.35. The van der Waals surface area contributed by atoms with E-state index in [4.69, 9.17) is 9.47 Å². The maximum absolute atomic E-state index is 12.2. The van der Waals surface area contributed by atoms with Gasteiger partial charge in [0.1, 0.15) is 12.7 Å². The number of esters is 1. The fourth-order valence-corrected chi connectivity index (χ4v) is 5.91. The van der Waals surface area contributed by atoms with Crippen molar-refractivity contribution in [3.8, 4) is 0 Å². The Labute approximate surface area is 199 Å². The van der Waals surface area contributed by atoms with E-state index < -0.39 is 12.2 Å². The van der Waals surface area contributed by atoms with E-state index in [0.717, 1.165) is 49.7 Å². The summed E-state index contributed by atoms with van der Waals surface area (Å²) in [5.74, 6) is 0.121. The van der Waals surface area contributed by atoms with Gasteiger partial charge in [-0.05, 0) is 79.9 Å². The van der Waals surface area contributed by atoms with E-state index in [1.165, 1.54) is 11.1 Å². The maximum Gasteiger partial charge on any atom is 0.332 e. The molecule has 2 fully saturated rings. The highest BCUT2D eigenvalue weighted by molar-refractivity contribution is 5.71. The quantitative estimate of drug-likeness (QED) is 0.387. The van der Waals surface area contributed by atoms with E-state index in [1.807, 2.05) is 20.8 Å². The maximum atomic E-state index is 12.2. The van der Waals surface area contributed by atoms with Crippen molar-refractivity contribution < 1.29 is 24.5 Å². The third-order valence-corrected chi connectivity index (χ3v) is 7.97. The standard InChI is InChI=1S/C28H42O5/c1-6-23(7-2)33-27(31)17-32-19(4)24-12-13-25-20(9-8-14-28(24,25)5)10-11-21-15-22(29)16-26(30)18(21)3/h10-12,19,22-23,25-26,29-30H,3,6-9,13-17H2,1-2,4-5H3/t19-,22+,25-,26-,28+/m0/s1. The lowest BCUT2D eigenvalue weighted by Gasteiger charge is -2.42. The van der Waals surface area contributed by atoms with Crippen LogP contribution in [0.15, 0.2) is 47.1 Å². The van der Waals surface area contributed by atoms with Crippen LogP contribution in [0.3, 0.4) is 0 Å². The van der Waals surface area contributed by atoms with Crippen molar-refractivity contribution >= 4 is 5.97 Å². The molecule has 0 spiro atoms. The number of hydrogen-bond acceptors (Lipinski definition) is 5. The Kier molecular flexibility index (Phi) is 8.76. The van der Waals surface area contributed by atoms with Gasteiger partial charge in [0.15, 0.2) is 0 Å². The van der Waals surface area contributed by atoms with Crippen molar-refractivity contribution in [2.24, 2.45) is 11.3 Å². The second-order valence-electron chi connectivity index (χ2n) is 10.2. The minimum atomic E-state index is -0.663. The summed E-state index contributed by atoms with van der Waals surface area (Å²) in [5, 5.41) is 20.2. The Balaban J connectivity index is 1.66. The van der Waals surface area contributed by atoms with Gasteiger partial charge in [0.2, 0.25) is 0 Å². The first-order chi connectivity index (χ1) is 15.7. The summed E-state index contributed by atoms with van der Waals surface area (Å²) in [6, 6.07) is 0. The predicted octanol–water partition coefficient (Wildman–Crippen LogP) is 5.18. The summed E-state index contributed by atoms with van der Waals surface area (Å²) < 4.78 is 11.5. The summed E-state index contributed by atoms with van der Waals surface area (Å²) in [7, 11) is 0. The van der Waals surface area contributed by atoms with Gasteiger partial charge in [0.05, 0.1) is 18.3 Å². The lowest BCUT2D eigenvalue weighted by molar-refractivity contribution is -0.156. The molecule has 2 saturated carbocycles. The van der Waals surface area contributed by atoms with Gasteiger partial charge in [0, 0.05) is 6.42 Å². The number of allylic oxidation sites excluding steroid dienone is 4. The monoisotopic (exact) mass is 458 g/mol. The topological polar surface area (TPSA) is 76.0 Å². The van der Waals surface area contributed by atoms with Gasteiger partial charge in [-0.15, -0.1) is 0 Å². The third-order valence-electron chi connectivity index (χ3n) is 7.97. The number of ether oxygens (including phenoxy) is 2. The van der Waals surface area contributed by atoms with Gasteiger partial charge in [-0.3, -0.25) is 0 Å². The summed E-state index contributed by atoms with van der Waals surface area (Å²) in [4.78, 5) is 12.2. The molecule has 0 bridgehead atoms. The van der Waals surface area contributed by atoms with Gasteiger partial charge >= 0.3 is 5.97 Å². The molecule has 3 aliphatic rings. The minimum absolute atomic E-state index is 0.0166. The smallest absolute Gasteiger partial charge is 0.332 e. The Morgan fingerprint density at radius 3 is 2.73 bits per heavy atom. The van der Waals surface area contributed by atoms with Crippen LogP contribution in [0.5, 0.6) is 0 Å². The Morgan fingerprint density at radius 2 is 2.03 bits per heavy atom. The molecule has 0 aromatic heterocycles. The zero-order valence-electron chi connectivity index (χ0n) is 20.8. The Bertz CT molecular complexity index is 818. The predicted molar refractivity (Wildman–Crippen MR) is 131 cm³/mol. The molecule has 0 aromatic carbocycles. The van der Waals surface area contributed by atoms with E-state index in [0.29, 0.717) is 18.8 Å². The highest BCUT2D eigenvalue weighted by atomic mass is 16.6. The molecule has 5 heteroatoms. The molecule has 5 atom stereocenters. The first kappa shape index (κ1) is 25.9. The molecule has 0 heterocycles. The summed E-state index contributed by atoms with van der Waals surface area (Å²) >= 11 is 0. The van der Waals surface area contributed by atoms with Crippen LogP contribution < -0.4 is 0 Å². The molecule has 2 N–H and O–H groups in total. The van der Waals surface area contributed by atoms with Gasteiger partial charge in [-0.1, -0.05) is 51.2 Å². The van der Waals surface area contributed by atoms with Crippen LogP contribution in [0, 0.1) is 11.3 Å². The van der Waals surface area contributed by atoms with Crippen LogP contribution in [-0.4, -0.2) is 47.2 Å². The van der Waals surface area contributed by atoms with Crippen molar-refractivity contribution in [3.63, 3.8) is 0 Å². The first-order valence-electron chi connectivity index (χ1n) is 12.7. The van der Waals surface area contributed by atoms with Gasteiger partial charge < -0.3 is 19.7 Å². The summed E-state index contributed by atoms with van der Waals surface area (Å²) in [5.41, 5.74) is 4.38. The molecule has 0 aliphatic heterocycles. The van der Waals surface area contributed by atoms with Crippen LogP contribution in [0.4, 0.5) is 0 Å². The summed E-state index contributed by atoms with van der Waals surface area (Å²) in [6.07, 6.45) is 12.0. The number of fused-ring (bicyclic) bond motifs is 1. The molecular weight excluding hydrogens is 416 g/mol. The number of aliphatic hydroxyl groups is 2. The van der Waals surface area contributed by atoms with E-state index >= 15 is 0 Å². The van der Waals surface area contributed by atoms with Crippen LogP contribution in [0.1, 0.15) is 79.1 Å².